The molecule has 0 atom stereocenters. The Morgan fingerprint density at radius 3 is 2.32 bits per heavy atom. The summed E-state index contributed by atoms with van der Waals surface area (Å²) in [5.41, 5.74) is 7.55. The lowest BCUT2D eigenvalue weighted by Crippen LogP contribution is -2.29. The second kappa shape index (κ2) is 15.3. The van der Waals surface area contributed by atoms with E-state index in [-0.39, 0.29) is 35.7 Å². The van der Waals surface area contributed by atoms with Gasteiger partial charge >= 0.3 is 12.1 Å². The molecule has 1 amide bonds. The van der Waals surface area contributed by atoms with Crippen molar-refractivity contribution in [2.75, 3.05) is 25.0 Å². The van der Waals surface area contributed by atoms with Crippen molar-refractivity contribution in [2.45, 2.75) is 56.3 Å². The second-order valence-electron chi connectivity index (χ2n) is 9.19. The highest BCUT2D eigenvalue weighted by Crippen LogP contribution is 2.23. The summed E-state index contributed by atoms with van der Waals surface area (Å²) in [5, 5.41) is 19.9. The molecule has 0 aliphatic carbocycles. The van der Waals surface area contributed by atoms with Crippen LogP contribution in [-0.4, -0.2) is 56.1 Å². The zero-order chi connectivity index (χ0) is 30.6. The van der Waals surface area contributed by atoms with Crippen LogP contribution in [0.3, 0.4) is 0 Å². The molecule has 1 aliphatic heterocycles. The van der Waals surface area contributed by atoms with Crippen molar-refractivity contribution in [3.63, 3.8) is 0 Å². The van der Waals surface area contributed by atoms with Gasteiger partial charge in [-0.3, -0.25) is 9.69 Å². The molecule has 15 heteroatoms. The van der Waals surface area contributed by atoms with Crippen molar-refractivity contribution in [1.82, 2.24) is 9.62 Å². The van der Waals surface area contributed by atoms with E-state index in [2.05, 4.69) is 14.9 Å². The molecule has 10 nitrogen and oxygen atoms in total. The van der Waals surface area contributed by atoms with Crippen LogP contribution in [0.5, 0.6) is 0 Å². The number of amides is 1. The Morgan fingerprint density at radius 2 is 1.73 bits per heavy atom. The van der Waals surface area contributed by atoms with E-state index < -0.39 is 28.1 Å². The summed E-state index contributed by atoms with van der Waals surface area (Å²) in [7, 11) is -3.83. The first-order valence-corrected chi connectivity index (χ1v) is 14.1. The first-order chi connectivity index (χ1) is 19.2. The van der Waals surface area contributed by atoms with Gasteiger partial charge in [-0.15, -0.1) is 0 Å². The highest BCUT2D eigenvalue weighted by molar-refractivity contribution is 7.89. The Hall–Kier alpha value is -3.74. The summed E-state index contributed by atoms with van der Waals surface area (Å²) in [5.74, 6) is -3.54. The van der Waals surface area contributed by atoms with E-state index >= 15 is 0 Å². The van der Waals surface area contributed by atoms with Gasteiger partial charge in [-0.1, -0.05) is 12.5 Å². The van der Waals surface area contributed by atoms with Crippen LogP contribution in [0.4, 0.5) is 23.2 Å². The van der Waals surface area contributed by atoms with Crippen LogP contribution >= 0.6 is 0 Å². The first kappa shape index (κ1) is 33.5. The van der Waals surface area contributed by atoms with E-state index in [0.717, 1.165) is 37.1 Å². The molecule has 41 heavy (non-hydrogen) atoms. The minimum Gasteiger partial charge on any atom is -0.475 e. The molecule has 0 saturated carbocycles. The molecule has 1 aliphatic rings. The van der Waals surface area contributed by atoms with Crippen molar-refractivity contribution >= 4 is 27.6 Å². The number of nitrogens with one attached hydrogen (secondary N) is 2. The molecule has 5 N–H and O–H groups in total. The Kier molecular flexibility index (Phi) is 12.5. The smallest absolute Gasteiger partial charge is 0.475 e. The van der Waals surface area contributed by atoms with Crippen LogP contribution in [0.15, 0.2) is 41.3 Å². The van der Waals surface area contributed by atoms with Crippen LogP contribution in [0, 0.1) is 17.1 Å². The average molecular weight is 602 g/mol. The van der Waals surface area contributed by atoms with Gasteiger partial charge in [0.2, 0.25) is 15.9 Å². The van der Waals surface area contributed by atoms with Gasteiger partial charge < -0.3 is 16.2 Å². The van der Waals surface area contributed by atoms with Crippen LogP contribution < -0.4 is 15.8 Å². The molecule has 0 bridgehead atoms. The Balaban J connectivity index is 0.000000745. The maximum Gasteiger partial charge on any atom is 0.490 e. The van der Waals surface area contributed by atoms with Gasteiger partial charge in [0, 0.05) is 26.1 Å². The highest BCUT2D eigenvalue weighted by Gasteiger charge is 2.38. The van der Waals surface area contributed by atoms with Gasteiger partial charge in [-0.05, 0) is 73.8 Å². The first-order valence-electron chi connectivity index (χ1n) is 12.6. The summed E-state index contributed by atoms with van der Waals surface area (Å²) >= 11 is 0. The zero-order valence-electron chi connectivity index (χ0n) is 22.0. The van der Waals surface area contributed by atoms with Crippen LogP contribution in [0.25, 0.3) is 0 Å². The molecular formula is C26H31F4N5O5S. The predicted octanol–water partition coefficient (Wildman–Crippen LogP) is 3.47. The van der Waals surface area contributed by atoms with Gasteiger partial charge in [0.1, 0.15) is 11.9 Å². The lowest BCUT2D eigenvalue weighted by molar-refractivity contribution is -0.192. The van der Waals surface area contributed by atoms with E-state index in [4.69, 9.17) is 15.6 Å². The Morgan fingerprint density at radius 1 is 1.07 bits per heavy atom. The number of nitrogens with two attached hydrogens (primary N) is 1. The number of benzene rings is 2. The fraction of sp³-hybridized carbons (Fsp3) is 0.423. The maximum absolute atomic E-state index is 13.9. The normalized spacial score (nSPS) is 13.9. The van der Waals surface area contributed by atoms with E-state index in [1.54, 1.807) is 18.2 Å². The molecular weight excluding hydrogens is 570 g/mol. The fourth-order valence-corrected chi connectivity index (χ4v) is 5.05. The average Bonchev–Trinajstić information content (AvgIpc) is 2.91. The number of halogens is 4. The van der Waals surface area contributed by atoms with Gasteiger partial charge in [0.15, 0.2) is 0 Å². The number of carbonyl (C=O) groups excluding carboxylic acids is 1. The van der Waals surface area contributed by atoms with Gasteiger partial charge in [-0.2, -0.15) is 18.4 Å². The number of piperidine rings is 1. The van der Waals surface area contributed by atoms with Crippen molar-refractivity contribution in [3.8, 4) is 6.07 Å². The predicted molar refractivity (Wildman–Crippen MR) is 141 cm³/mol. The monoisotopic (exact) mass is 601 g/mol. The molecule has 1 heterocycles. The SMILES string of the molecule is N#Cc1cc(S(=O)(=O)NCCCC(N)=O)ccc1NCc1ccc(F)cc1CN1CCCCC1.O=C(O)C(F)(F)F. The van der Waals surface area contributed by atoms with Crippen LogP contribution in [0.2, 0.25) is 0 Å². The molecule has 0 aromatic heterocycles. The van der Waals surface area contributed by atoms with E-state index in [1.807, 2.05) is 6.07 Å². The number of aliphatic carboxylic acids is 1. The number of anilines is 1. The summed E-state index contributed by atoms with van der Waals surface area (Å²) in [4.78, 5) is 22.0. The topological polar surface area (TPSA) is 166 Å². The number of carbonyl (C=O) groups is 2. The molecule has 224 valence electrons. The molecule has 2 aromatic carbocycles. The number of sulfonamides is 1. The van der Waals surface area contributed by atoms with Gasteiger partial charge in [0.25, 0.3) is 0 Å². The minimum atomic E-state index is -5.08. The number of carboxylic acids is 1. The van der Waals surface area contributed by atoms with Crippen molar-refractivity contribution < 1.29 is 40.7 Å². The summed E-state index contributed by atoms with van der Waals surface area (Å²) in [6.07, 6.45) is -1.21. The van der Waals surface area contributed by atoms with E-state index in [1.165, 1.54) is 24.6 Å². The number of rotatable bonds is 11. The molecule has 3 rings (SSSR count). The third-order valence-corrected chi connectivity index (χ3v) is 7.50. The van der Waals surface area contributed by atoms with Crippen molar-refractivity contribution in [2.24, 2.45) is 5.73 Å². The van der Waals surface area contributed by atoms with Crippen molar-refractivity contribution in [3.05, 3.63) is 58.9 Å². The maximum atomic E-state index is 13.9. The molecule has 1 fully saturated rings. The number of hydrogen-bond donors (Lipinski definition) is 4. The molecule has 2 aromatic rings. The van der Waals surface area contributed by atoms with Crippen LogP contribution in [0.1, 0.15) is 48.8 Å². The lowest BCUT2D eigenvalue weighted by atomic mass is 10.0. The fourth-order valence-electron chi connectivity index (χ4n) is 3.95. The quantitative estimate of drug-likeness (QED) is 0.225. The molecule has 0 unspecified atom stereocenters. The van der Waals surface area contributed by atoms with E-state index in [9.17, 15) is 36.0 Å². The third kappa shape index (κ3) is 11.3. The largest absolute Gasteiger partial charge is 0.490 e. The number of nitrogens with zero attached hydrogens (tertiary/aromatic N) is 2. The number of likely N-dealkylation sites (tertiary alicyclic amines) is 1. The molecule has 0 radical (unpaired) electrons. The summed E-state index contributed by atoms with van der Waals surface area (Å²) in [6, 6.07) is 11.0. The number of carboxylic acid groups (broad SMARTS) is 1. The third-order valence-electron chi connectivity index (χ3n) is 6.04. The molecule has 0 spiro atoms. The molecule has 1 saturated heterocycles. The van der Waals surface area contributed by atoms with Gasteiger partial charge in [-0.25, -0.2) is 22.3 Å². The number of nitriles is 1. The summed E-state index contributed by atoms with van der Waals surface area (Å²) in [6.45, 7) is 3.09. The van der Waals surface area contributed by atoms with Gasteiger partial charge in [0.05, 0.1) is 16.1 Å². The number of primary amides is 1. The zero-order valence-corrected chi connectivity index (χ0v) is 22.8. The summed E-state index contributed by atoms with van der Waals surface area (Å²) < 4.78 is 73.1. The van der Waals surface area contributed by atoms with Crippen molar-refractivity contribution in [1.29, 1.82) is 5.26 Å². The van der Waals surface area contributed by atoms with E-state index in [0.29, 0.717) is 18.8 Å². The second-order valence-corrected chi connectivity index (χ2v) is 11.0. The Labute approximate surface area is 235 Å². The van der Waals surface area contributed by atoms with Crippen LogP contribution in [-0.2, 0) is 32.7 Å². The number of alkyl halides is 3. The highest BCUT2D eigenvalue weighted by atomic mass is 32.2. The number of hydrogen-bond acceptors (Lipinski definition) is 7. The standard InChI is InChI=1S/C24H30FN5O3S.C2HF3O2/c25-21-7-6-18(20(13-21)17-30-11-2-1-3-12-30)16-28-23-9-8-22(14-19(23)15-26)34(32,33)29-10-4-5-24(27)31;3-2(4,5)1(6)7/h6-9,13-14,28-29H,1-5,10-12,16-17H2,(H2,27,31);(H,6,7). The Bertz CT molecular complexity index is 1360. The lowest BCUT2D eigenvalue weighted by Gasteiger charge is -2.27. The minimum absolute atomic E-state index is 0.0405.